The summed E-state index contributed by atoms with van der Waals surface area (Å²) < 4.78 is 8.47. The lowest BCUT2D eigenvalue weighted by molar-refractivity contribution is -0.386. The monoisotopic (exact) mass is 426 g/mol. The van der Waals surface area contributed by atoms with Crippen molar-refractivity contribution in [2.45, 2.75) is 47.2 Å². The van der Waals surface area contributed by atoms with Gasteiger partial charge in [0, 0.05) is 0 Å². The number of anilines is 1. The van der Waals surface area contributed by atoms with E-state index in [9.17, 15) is 14.9 Å². The maximum absolute atomic E-state index is 12.9. The quantitative estimate of drug-likeness (QED) is 0.457. The lowest BCUT2D eigenvalue weighted by atomic mass is 10.2. The molecule has 0 bridgehead atoms. The summed E-state index contributed by atoms with van der Waals surface area (Å²) >= 11 is 0. The van der Waals surface area contributed by atoms with E-state index < -0.39 is 11.0 Å². The third-order valence-corrected chi connectivity index (χ3v) is 5.31. The summed E-state index contributed by atoms with van der Waals surface area (Å²) in [7, 11) is 1.62. The Bertz CT molecular complexity index is 1150. The fraction of sp³-hybridized carbons (Fsp3) is 0.381. The van der Waals surface area contributed by atoms with Gasteiger partial charge in [0.15, 0.2) is 0 Å². The number of carbonyl (C=O) groups is 1. The molecule has 1 aromatic carbocycles. The molecule has 3 rings (SSSR count). The van der Waals surface area contributed by atoms with Gasteiger partial charge in [0.25, 0.3) is 0 Å². The standard InChI is InChI=1S/C21H26N6O4/c1-12-19(14(3)25(23-12)11-17-8-7-9-18(10-17)31-6)22-21(28)16(5)26-15(4)20(27(29)30)13(2)24-26/h7-10,16H,11H2,1-6H3,(H,22,28). The number of nitrogens with zero attached hydrogens (tertiary/aromatic N) is 5. The van der Waals surface area contributed by atoms with Crippen LogP contribution in [0.15, 0.2) is 24.3 Å². The summed E-state index contributed by atoms with van der Waals surface area (Å²) in [6, 6.07) is 6.98. The van der Waals surface area contributed by atoms with Crippen molar-refractivity contribution in [2.75, 3.05) is 12.4 Å². The van der Waals surface area contributed by atoms with Gasteiger partial charge in [0.1, 0.15) is 23.2 Å². The Balaban J connectivity index is 1.82. The first-order valence-electron chi connectivity index (χ1n) is 9.82. The van der Waals surface area contributed by atoms with E-state index in [0.717, 1.165) is 17.0 Å². The van der Waals surface area contributed by atoms with Crippen molar-refractivity contribution >= 4 is 17.3 Å². The van der Waals surface area contributed by atoms with Crippen molar-refractivity contribution < 1.29 is 14.5 Å². The normalized spacial score (nSPS) is 11.9. The Kier molecular flexibility index (Phi) is 6.09. The van der Waals surface area contributed by atoms with Crippen LogP contribution in [0.3, 0.4) is 0 Å². The summed E-state index contributed by atoms with van der Waals surface area (Å²) in [5, 5.41) is 22.9. The first kappa shape index (κ1) is 22.0. The number of methoxy groups -OCH3 is 1. The second kappa shape index (κ2) is 8.58. The summed E-state index contributed by atoms with van der Waals surface area (Å²) in [6.45, 7) is 9.04. The van der Waals surface area contributed by atoms with E-state index in [4.69, 9.17) is 4.74 Å². The minimum absolute atomic E-state index is 0.0712. The average molecular weight is 426 g/mol. The summed E-state index contributed by atoms with van der Waals surface area (Å²) in [6.07, 6.45) is 0. The van der Waals surface area contributed by atoms with Crippen LogP contribution in [0.4, 0.5) is 11.4 Å². The highest BCUT2D eigenvalue weighted by molar-refractivity contribution is 5.94. The van der Waals surface area contributed by atoms with E-state index in [2.05, 4.69) is 15.5 Å². The molecule has 0 spiro atoms. The summed E-state index contributed by atoms with van der Waals surface area (Å²) in [4.78, 5) is 23.7. The smallest absolute Gasteiger partial charge is 0.312 e. The third kappa shape index (κ3) is 4.27. The minimum atomic E-state index is -0.729. The van der Waals surface area contributed by atoms with Crippen molar-refractivity contribution in [2.24, 2.45) is 0 Å². The molecule has 0 aliphatic carbocycles. The number of nitrogens with one attached hydrogen (secondary N) is 1. The van der Waals surface area contributed by atoms with E-state index in [1.165, 1.54) is 4.68 Å². The van der Waals surface area contributed by atoms with Crippen LogP contribution < -0.4 is 10.1 Å². The first-order chi connectivity index (χ1) is 14.6. The number of nitro groups is 1. The molecule has 10 heteroatoms. The van der Waals surface area contributed by atoms with Gasteiger partial charge in [-0.3, -0.25) is 24.3 Å². The lowest BCUT2D eigenvalue weighted by Gasteiger charge is -2.14. The fourth-order valence-electron chi connectivity index (χ4n) is 3.61. The second-order valence-electron chi connectivity index (χ2n) is 7.44. The maximum atomic E-state index is 12.9. The van der Waals surface area contributed by atoms with Gasteiger partial charge in [-0.25, -0.2) is 0 Å². The van der Waals surface area contributed by atoms with Crippen LogP contribution >= 0.6 is 0 Å². The van der Waals surface area contributed by atoms with Gasteiger partial charge in [-0.1, -0.05) is 12.1 Å². The highest BCUT2D eigenvalue weighted by Crippen LogP contribution is 2.27. The summed E-state index contributed by atoms with van der Waals surface area (Å²) in [5.41, 5.74) is 3.67. The Morgan fingerprint density at radius 2 is 1.90 bits per heavy atom. The molecule has 2 aromatic heterocycles. The Hall–Kier alpha value is -3.69. The SMILES string of the molecule is COc1cccc(Cn2nc(C)c(NC(=O)C(C)n3nc(C)c([N+](=O)[O-])c3C)c2C)c1. The molecule has 164 valence electrons. The number of amides is 1. The molecule has 1 unspecified atom stereocenters. The van der Waals surface area contributed by atoms with E-state index in [-0.39, 0.29) is 17.3 Å². The van der Waals surface area contributed by atoms with E-state index in [0.29, 0.717) is 23.6 Å². The largest absolute Gasteiger partial charge is 0.497 e. The van der Waals surface area contributed by atoms with E-state index >= 15 is 0 Å². The van der Waals surface area contributed by atoms with Crippen molar-refractivity contribution in [3.8, 4) is 5.75 Å². The summed E-state index contributed by atoms with van der Waals surface area (Å²) in [5.74, 6) is 0.438. The third-order valence-electron chi connectivity index (χ3n) is 5.31. The molecule has 1 atom stereocenters. The molecule has 0 radical (unpaired) electrons. The molecule has 1 N–H and O–H groups in total. The topological polar surface area (TPSA) is 117 Å². The van der Waals surface area contributed by atoms with E-state index in [1.807, 2.05) is 42.8 Å². The molecular weight excluding hydrogens is 400 g/mol. The highest BCUT2D eigenvalue weighted by Gasteiger charge is 2.28. The average Bonchev–Trinajstić information content (AvgIpc) is 3.17. The number of aromatic nitrogens is 4. The first-order valence-corrected chi connectivity index (χ1v) is 9.82. The van der Waals surface area contributed by atoms with Crippen molar-refractivity contribution in [3.05, 3.63) is 62.7 Å². The zero-order valence-electron chi connectivity index (χ0n) is 18.5. The van der Waals surface area contributed by atoms with Gasteiger partial charge in [-0.15, -0.1) is 0 Å². The van der Waals surface area contributed by atoms with Crippen LogP contribution in [0.25, 0.3) is 0 Å². The van der Waals surface area contributed by atoms with Gasteiger partial charge in [-0.05, 0) is 52.3 Å². The fourth-order valence-corrected chi connectivity index (χ4v) is 3.61. The number of rotatable bonds is 7. The van der Waals surface area contributed by atoms with Crippen LogP contribution in [0.1, 0.15) is 41.3 Å². The van der Waals surface area contributed by atoms with Crippen LogP contribution in [0.5, 0.6) is 5.75 Å². The number of ether oxygens (including phenoxy) is 1. The van der Waals surface area contributed by atoms with Crippen LogP contribution in [-0.2, 0) is 11.3 Å². The number of carbonyl (C=O) groups excluding carboxylic acids is 1. The number of benzene rings is 1. The predicted molar refractivity (Wildman–Crippen MR) is 115 cm³/mol. The Morgan fingerprint density at radius 1 is 1.19 bits per heavy atom. The number of hydrogen-bond donors (Lipinski definition) is 1. The molecule has 0 saturated heterocycles. The molecular formula is C21H26N6O4. The van der Waals surface area contributed by atoms with Crippen molar-refractivity contribution in [3.63, 3.8) is 0 Å². The van der Waals surface area contributed by atoms with Gasteiger partial charge < -0.3 is 10.1 Å². The number of aryl methyl sites for hydroxylation is 2. The predicted octanol–water partition coefficient (Wildman–Crippen LogP) is 3.48. The highest BCUT2D eigenvalue weighted by atomic mass is 16.6. The van der Waals surface area contributed by atoms with Gasteiger partial charge in [0.05, 0.1) is 35.7 Å². The van der Waals surface area contributed by atoms with Crippen LogP contribution in [0.2, 0.25) is 0 Å². The zero-order valence-corrected chi connectivity index (χ0v) is 18.5. The zero-order chi connectivity index (χ0) is 22.9. The molecule has 0 saturated carbocycles. The van der Waals surface area contributed by atoms with Crippen molar-refractivity contribution in [1.82, 2.24) is 19.6 Å². The molecule has 0 fully saturated rings. The van der Waals surface area contributed by atoms with E-state index in [1.54, 1.807) is 27.9 Å². The molecule has 0 aliphatic rings. The molecule has 3 aromatic rings. The van der Waals surface area contributed by atoms with Crippen LogP contribution in [0, 0.1) is 37.8 Å². The minimum Gasteiger partial charge on any atom is -0.497 e. The molecule has 10 nitrogen and oxygen atoms in total. The molecule has 1 amide bonds. The molecule has 31 heavy (non-hydrogen) atoms. The van der Waals surface area contributed by atoms with Crippen molar-refractivity contribution in [1.29, 1.82) is 0 Å². The molecule has 2 heterocycles. The lowest BCUT2D eigenvalue weighted by Crippen LogP contribution is -2.25. The number of hydrogen-bond acceptors (Lipinski definition) is 6. The Morgan fingerprint density at radius 3 is 2.52 bits per heavy atom. The second-order valence-corrected chi connectivity index (χ2v) is 7.44. The Labute approximate surface area is 180 Å². The molecule has 0 aliphatic heterocycles. The van der Waals surface area contributed by atoms with Gasteiger partial charge >= 0.3 is 5.69 Å². The maximum Gasteiger partial charge on any atom is 0.312 e. The van der Waals surface area contributed by atoms with Gasteiger partial charge in [-0.2, -0.15) is 10.2 Å². The van der Waals surface area contributed by atoms with Crippen LogP contribution in [-0.4, -0.2) is 37.5 Å². The van der Waals surface area contributed by atoms with Gasteiger partial charge in [0.2, 0.25) is 5.91 Å².